The van der Waals surface area contributed by atoms with E-state index in [0.29, 0.717) is 23.1 Å². The van der Waals surface area contributed by atoms with Gasteiger partial charge in [0.15, 0.2) is 0 Å². The van der Waals surface area contributed by atoms with Gasteiger partial charge in [0.25, 0.3) is 5.91 Å². The van der Waals surface area contributed by atoms with Crippen LogP contribution in [-0.4, -0.2) is 22.4 Å². The number of carbonyl (C=O) groups excluding carboxylic acids is 1. The highest BCUT2D eigenvalue weighted by Crippen LogP contribution is 2.21. The molecule has 0 unspecified atom stereocenters. The van der Waals surface area contributed by atoms with Crippen molar-refractivity contribution < 1.29 is 4.79 Å². The molecular formula is C25H22ClN5O. The number of hydrogen-bond donors (Lipinski definition) is 3. The van der Waals surface area contributed by atoms with E-state index in [4.69, 9.17) is 17.3 Å². The molecule has 4 N–H and O–H groups in total. The molecule has 160 valence electrons. The van der Waals surface area contributed by atoms with Gasteiger partial charge in [-0.2, -0.15) is 0 Å². The highest BCUT2D eigenvalue weighted by molar-refractivity contribution is 6.30. The monoisotopic (exact) mass is 443 g/mol. The van der Waals surface area contributed by atoms with Crippen LogP contribution in [0, 0.1) is 0 Å². The second-order valence-electron chi connectivity index (χ2n) is 7.22. The van der Waals surface area contributed by atoms with Gasteiger partial charge in [-0.25, -0.2) is 9.97 Å². The van der Waals surface area contributed by atoms with Crippen molar-refractivity contribution in [2.45, 2.75) is 6.42 Å². The standard InChI is InChI=1S/C25H22ClN5O/c26-20-7-3-18(4-8-20)23-14-16-29-25(31-23)30-22-11-5-19(6-12-22)24(32)28-15-13-17-1-9-21(27)10-2-17/h1-12,14,16H,13,15,27H2,(H,28,32)(H,29,30,31). The molecule has 1 heterocycles. The molecule has 0 aliphatic heterocycles. The second-order valence-corrected chi connectivity index (χ2v) is 7.66. The molecule has 0 saturated heterocycles. The Labute approximate surface area is 191 Å². The van der Waals surface area contributed by atoms with E-state index in [1.165, 1.54) is 0 Å². The molecule has 0 bridgehead atoms. The number of hydrogen-bond acceptors (Lipinski definition) is 5. The van der Waals surface area contributed by atoms with Crippen molar-refractivity contribution in [2.24, 2.45) is 0 Å². The molecule has 0 radical (unpaired) electrons. The van der Waals surface area contributed by atoms with Crippen molar-refractivity contribution >= 4 is 34.8 Å². The van der Waals surface area contributed by atoms with Crippen LogP contribution >= 0.6 is 11.6 Å². The van der Waals surface area contributed by atoms with Gasteiger partial charge in [-0.15, -0.1) is 0 Å². The van der Waals surface area contributed by atoms with Crippen LogP contribution in [-0.2, 0) is 6.42 Å². The van der Waals surface area contributed by atoms with Crippen LogP contribution in [0.2, 0.25) is 5.02 Å². The van der Waals surface area contributed by atoms with Gasteiger partial charge in [0.1, 0.15) is 0 Å². The first kappa shape index (κ1) is 21.3. The number of nitrogens with one attached hydrogen (secondary N) is 2. The van der Waals surface area contributed by atoms with E-state index in [2.05, 4.69) is 20.6 Å². The van der Waals surface area contributed by atoms with Gasteiger partial charge in [0.2, 0.25) is 5.95 Å². The molecule has 1 aromatic heterocycles. The lowest BCUT2D eigenvalue weighted by molar-refractivity contribution is 0.0954. The van der Waals surface area contributed by atoms with E-state index in [-0.39, 0.29) is 5.91 Å². The molecule has 0 saturated carbocycles. The van der Waals surface area contributed by atoms with Crippen LogP contribution in [0.4, 0.5) is 17.3 Å². The first-order valence-electron chi connectivity index (χ1n) is 10.2. The predicted octanol–water partition coefficient (Wildman–Crippen LogP) is 5.10. The lowest BCUT2D eigenvalue weighted by atomic mass is 10.1. The first-order valence-corrected chi connectivity index (χ1v) is 10.5. The number of aromatic nitrogens is 2. The quantitative estimate of drug-likeness (QED) is 0.346. The minimum absolute atomic E-state index is 0.118. The van der Waals surface area contributed by atoms with E-state index >= 15 is 0 Å². The Morgan fingerprint density at radius 2 is 1.62 bits per heavy atom. The fourth-order valence-electron chi connectivity index (χ4n) is 3.14. The van der Waals surface area contributed by atoms with E-state index in [0.717, 1.165) is 34.6 Å². The number of benzene rings is 3. The summed E-state index contributed by atoms with van der Waals surface area (Å²) in [5.41, 5.74) is 10.7. The van der Waals surface area contributed by atoms with Crippen molar-refractivity contribution in [2.75, 3.05) is 17.6 Å². The third kappa shape index (κ3) is 5.62. The Morgan fingerprint density at radius 1 is 0.906 bits per heavy atom. The number of anilines is 3. The van der Waals surface area contributed by atoms with Crippen LogP contribution in [0.5, 0.6) is 0 Å². The summed E-state index contributed by atoms with van der Waals surface area (Å²) in [6, 6.07) is 24.1. The van der Waals surface area contributed by atoms with Gasteiger partial charge in [-0.1, -0.05) is 35.9 Å². The normalized spacial score (nSPS) is 10.5. The number of nitrogen functional groups attached to an aromatic ring is 1. The third-order valence-electron chi connectivity index (χ3n) is 4.88. The summed E-state index contributed by atoms with van der Waals surface area (Å²) in [4.78, 5) is 21.2. The van der Waals surface area contributed by atoms with Gasteiger partial charge in [0.05, 0.1) is 5.69 Å². The van der Waals surface area contributed by atoms with E-state index in [9.17, 15) is 4.79 Å². The van der Waals surface area contributed by atoms with Crippen molar-refractivity contribution in [1.29, 1.82) is 0 Å². The highest BCUT2D eigenvalue weighted by Gasteiger charge is 2.07. The largest absolute Gasteiger partial charge is 0.399 e. The van der Waals surface area contributed by atoms with Crippen LogP contribution in [0.3, 0.4) is 0 Å². The molecule has 0 aliphatic carbocycles. The maximum absolute atomic E-state index is 12.4. The molecule has 3 aromatic carbocycles. The van der Waals surface area contributed by atoms with E-state index in [1.54, 1.807) is 18.3 Å². The van der Waals surface area contributed by atoms with Crippen LogP contribution in [0.15, 0.2) is 85.1 Å². The molecule has 0 fully saturated rings. The zero-order valence-electron chi connectivity index (χ0n) is 17.3. The summed E-state index contributed by atoms with van der Waals surface area (Å²) in [6.45, 7) is 0.550. The lowest BCUT2D eigenvalue weighted by Crippen LogP contribution is -2.25. The molecule has 7 heteroatoms. The minimum Gasteiger partial charge on any atom is -0.399 e. The van der Waals surface area contributed by atoms with Crippen molar-refractivity contribution in [3.63, 3.8) is 0 Å². The van der Waals surface area contributed by atoms with Crippen molar-refractivity contribution in [3.05, 3.63) is 101 Å². The molecular weight excluding hydrogens is 422 g/mol. The summed E-state index contributed by atoms with van der Waals surface area (Å²) in [5, 5.41) is 6.78. The van der Waals surface area contributed by atoms with Gasteiger partial charge in [0, 0.05) is 40.3 Å². The number of carbonyl (C=O) groups is 1. The second kappa shape index (κ2) is 9.94. The number of nitrogens with two attached hydrogens (primary N) is 1. The maximum Gasteiger partial charge on any atom is 0.251 e. The average molecular weight is 444 g/mol. The molecule has 4 rings (SSSR count). The molecule has 0 aliphatic rings. The number of halogens is 1. The smallest absolute Gasteiger partial charge is 0.251 e. The predicted molar refractivity (Wildman–Crippen MR) is 129 cm³/mol. The van der Waals surface area contributed by atoms with Crippen molar-refractivity contribution in [3.8, 4) is 11.3 Å². The molecule has 0 atom stereocenters. The zero-order chi connectivity index (χ0) is 22.3. The minimum atomic E-state index is -0.118. The average Bonchev–Trinajstić information content (AvgIpc) is 2.81. The number of rotatable bonds is 7. The summed E-state index contributed by atoms with van der Waals surface area (Å²) in [6.07, 6.45) is 2.44. The topological polar surface area (TPSA) is 92.9 Å². The fourth-order valence-corrected chi connectivity index (χ4v) is 3.27. The Bertz CT molecular complexity index is 1190. The van der Waals surface area contributed by atoms with Crippen molar-refractivity contribution in [1.82, 2.24) is 15.3 Å². The van der Waals surface area contributed by atoms with Gasteiger partial charge < -0.3 is 16.4 Å². The molecule has 6 nitrogen and oxygen atoms in total. The summed E-state index contributed by atoms with van der Waals surface area (Å²) in [5.74, 6) is 0.353. The molecule has 32 heavy (non-hydrogen) atoms. The maximum atomic E-state index is 12.4. The third-order valence-corrected chi connectivity index (χ3v) is 5.13. The van der Waals surface area contributed by atoms with Gasteiger partial charge in [-0.3, -0.25) is 4.79 Å². The molecule has 0 spiro atoms. The Kier molecular flexibility index (Phi) is 6.63. The Balaban J connectivity index is 1.34. The Hall–Kier alpha value is -3.90. The van der Waals surface area contributed by atoms with Crippen LogP contribution < -0.4 is 16.4 Å². The molecule has 1 amide bonds. The fraction of sp³-hybridized carbons (Fsp3) is 0.0800. The van der Waals surface area contributed by atoms with Crippen LogP contribution in [0.1, 0.15) is 15.9 Å². The summed E-state index contributed by atoms with van der Waals surface area (Å²) < 4.78 is 0. The molecule has 4 aromatic rings. The van der Waals surface area contributed by atoms with Gasteiger partial charge in [-0.05, 0) is 66.6 Å². The lowest BCUT2D eigenvalue weighted by Gasteiger charge is -2.09. The van der Waals surface area contributed by atoms with E-state index < -0.39 is 0 Å². The SMILES string of the molecule is Nc1ccc(CCNC(=O)c2ccc(Nc3nccc(-c4ccc(Cl)cc4)n3)cc2)cc1. The first-order chi connectivity index (χ1) is 15.6. The summed E-state index contributed by atoms with van der Waals surface area (Å²) in [7, 11) is 0. The van der Waals surface area contributed by atoms with E-state index in [1.807, 2.05) is 66.7 Å². The van der Waals surface area contributed by atoms with Gasteiger partial charge >= 0.3 is 0 Å². The highest BCUT2D eigenvalue weighted by atomic mass is 35.5. The Morgan fingerprint density at radius 3 is 2.34 bits per heavy atom. The van der Waals surface area contributed by atoms with Crippen LogP contribution in [0.25, 0.3) is 11.3 Å². The zero-order valence-corrected chi connectivity index (χ0v) is 18.0. The number of amides is 1. The summed E-state index contributed by atoms with van der Waals surface area (Å²) >= 11 is 5.96. The number of nitrogens with zero attached hydrogens (tertiary/aromatic N) is 2.